The highest BCUT2D eigenvalue weighted by molar-refractivity contribution is 7.07. The Morgan fingerprint density at radius 3 is 2.54 bits per heavy atom. The largest absolute Gasteiger partial charge is 0.490 e. The van der Waals surface area contributed by atoms with Gasteiger partial charge in [0, 0.05) is 18.0 Å². The minimum Gasteiger partial charge on any atom is -0.490 e. The minimum absolute atomic E-state index is 0.114. The number of aromatic amines is 1. The van der Waals surface area contributed by atoms with Crippen LogP contribution in [0.4, 0.5) is 4.39 Å². The molecular weight excluding hydrogens is 515 g/mol. The molecule has 0 fully saturated rings. The second kappa shape index (κ2) is 10.7. The number of nitrogens with zero attached hydrogens (tertiary/aromatic N) is 1. The minimum atomic E-state index is -0.344. The summed E-state index contributed by atoms with van der Waals surface area (Å²) in [7, 11) is 1.86. The fourth-order valence-corrected chi connectivity index (χ4v) is 5.47. The Labute approximate surface area is 227 Å². The smallest absolute Gasteiger partial charge is 0.266 e. The van der Waals surface area contributed by atoms with Gasteiger partial charge in [0.15, 0.2) is 5.75 Å². The van der Waals surface area contributed by atoms with E-state index in [9.17, 15) is 14.0 Å². The molecule has 198 valence electrons. The van der Waals surface area contributed by atoms with Crippen molar-refractivity contribution in [2.75, 3.05) is 13.2 Å². The second-order valence-electron chi connectivity index (χ2n) is 9.20. The van der Waals surface area contributed by atoms with Crippen molar-refractivity contribution in [3.8, 4) is 22.8 Å². The van der Waals surface area contributed by atoms with Crippen LogP contribution in [0.2, 0.25) is 0 Å². The first-order valence-electron chi connectivity index (χ1n) is 12.4. The number of hydrogen-bond donors (Lipinski definition) is 1. The summed E-state index contributed by atoms with van der Waals surface area (Å²) in [4.78, 5) is 28.4. The van der Waals surface area contributed by atoms with Crippen molar-refractivity contribution in [3.05, 3.63) is 113 Å². The summed E-state index contributed by atoms with van der Waals surface area (Å²) in [5.74, 6) is 0.454. The number of ether oxygens (including phenoxy) is 2. The van der Waals surface area contributed by atoms with Gasteiger partial charge >= 0.3 is 0 Å². The number of pyridine rings is 1. The zero-order valence-electron chi connectivity index (χ0n) is 21.8. The van der Waals surface area contributed by atoms with Crippen molar-refractivity contribution < 1.29 is 13.9 Å². The number of halogens is 1. The van der Waals surface area contributed by atoms with Crippen LogP contribution in [0.25, 0.3) is 34.3 Å². The van der Waals surface area contributed by atoms with Crippen LogP contribution in [0, 0.1) is 12.7 Å². The average molecular weight is 543 g/mol. The van der Waals surface area contributed by atoms with E-state index in [1.807, 2.05) is 61.0 Å². The van der Waals surface area contributed by atoms with Gasteiger partial charge in [0.25, 0.3) is 5.56 Å². The average Bonchev–Trinajstić information content (AvgIpc) is 3.27. The summed E-state index contributed by atoms with van der Waals surface area (Å²) < 4.78 is 29.0. The topological polar surface area (TPSA) is 73.3 Å². The van der Waals surface area contributed by atoms with Crippen LogP contribution in [-0.2, 0) is 7.05 Å². The van der Waals surface area contributed by atoms with E-state index < -0.39 is 0 Å². The van der Waals surface area contributed by atoms with E-state index in [-0.39, 0.29) is 35.8 Å². The van der Waals surface area contributed by atoms with Crippen LogP contribution < -0.4 is 29.7 Å². The Balaban J connectivity index is 1.42. The number of para-hydroxylation sites is 1. The Bertz CT molecular complexity index is 1940. The van der Waals surface area contributed by atoms with Crippen molar-refractivity contribution >= 4 is 34.4 Å². The molecular formula is C31H27FN2O4S. The molecule has 0 aliphatic carbocycles. The Morgan fingerprint density at radius 1 is 1.03 bits per heavy atom. The van der Waals surface area contributed by atoms with Gasteiger partial charge in [-0.3, -0.25) is 9.59 Å². The highest BCUT2D eigenvalue weighted by atomic mass is 32.1. The fourth-order valence-electron chi connectivity index (χ4n) is 4.67. The number of fused-ring (bicyclic) bond motifs is 1. The molecule has 5 rings (SSSR count). The van der Waals surface area contributed by atoms with E-state index in [1.54, 1.807) is 19.1 Å². The molecule has 0 radical (unpaired) electrons. The van der Waals surface area contributed by atoms with Gasteiger partial charge in [-0.25, -0.2) is 4.39 Å². The number of aryl methyl sites for hydroxylation is 2. The highest BCUT2D eigenvalue weighted by Crippen LogP contribution is 2.33. The molecule has 6 nitrogen and oxygen atoms in total. The molecule has 2 heterocycles. The Hall–Kier alpha value is -4.43. The molecule has 39 heavy (non-hydrogen) atoms. The van der Waals surface area contributed by atoms with E-state index >= 15 is 0 Å². The second-order valence-corrected chi connectivity index (χ2v) is 10.3. The number of rotatable bonds is 7. The number of aromatic nitrogens is 2. The first-order valence-corrected chi connectivity index (χ1v) is 13.2. The summed E-state index contributed by atoms with van der Waals surface area (Å²) in [5, 5.41) is 0.534. The van der Waals surface area contributed by atoms with Crippen LogP contribution in [0.3, 0.4) is 0 Å². The zero-order chi connectivity index (χ0) is 27.7. The predicted octanol–water partition coefficient (Wildman–Crippen LogP) is 4.49. The maximum Gasteiger partial charge on any atom is 0.266 e. The van der Waals surface area contributed by atoms with Crippen LogP contribution in [0.15, 0.2) is 76.3 Å². The molecule has 0 aliphatic heterocycles. The zero-order valence-corrected chi connectivity index (χ0v) is 22.7. The summed E-state index contributed by atoms with van der Waals surface area (Å²) in [6.45, 7) is 7.79. The highest BCUT2D eigenvalue weighted by Gasteiger charge is 2.20. The molecule has 0 unspecified atom stereocenters. The molecule has 8 heteroatoms. The van der Waals surface area contributed by atoms with Gasteiger partial charge in [-0.2, -0.15) is 0 Å². The third kappa shape index (κ3) is 5.15. The van der Waals surface area contributed by atoms with Gasteiger partial charge in [0.1, 0.15) is 24.8 Å². The summed E-state index contributed by atoms with van der Waals surface area (Å²) in [5.41, 5.74) is 4.03. The molecule has 0 bridgehead atoms. The number of H-pyrrole nitrogens is 1. The van der Waals surface area contributed by atoms with E-state index in [0.717, 1.165) is 16.7 Å². The third-order valence-electron chi connectivity index (χ3n) is 6.60. The number of hydrogen-bond acceptors (Lipinski definition) is 5. The summed E-state index contributed by atoms with van der Waals surface area (Å²) >= 11 is 1.32. The van der Waals surface area contributed by atoms with Crippen molar-refractivity contribution in [3.63, 3.8) is 0 Å². The van der Waals surface area contributed by atoms with E-state index in [2.05, 4.69) is 11.6 Å². The molecule has 0 amide bonds. The lowest BCUT2D eigenvalue weighted by atomic mass is 10.0. The number of nitrogens with one attached hydrogen (secondary N) is 1. The monoisotopic (exact) mass is 542 g/mol. The summed E-state index contributed by atoms with van der Waals surface area (Å²) in [6, 6.07) is 19.3. The van der Waals surface area contributed by atoms with Crippen LogP contribution in [-0.4, -0.2) is 22.8 Å². The SMILES string of the molecule is C=c1[nH]c(=O)/c(=C(/C)c2cccc(OCCOc3c(-c4ccc(F)cc4C)n(C)c4ccccc4c3=O)c2)s1. The molecule has 0 saturated carbocycles. The molecule has 0 atom stereocenters. The number of thiazole rings is 1. The van der Waals surface area contributed by atoms with Crippen molar-refractivity contribution in [1.29, 1.82) is 0 Å². The van der Waals surface area contributed by atoms with E-state index in [4.69, 9.17) is 9.47 Å². The maximum atomic E-state index is 13.9. The van der Waals surface area contributed by atoms with Gasteiger partial charge in [-0.1, -0.05) is 30.8 Å². The molecule has 0 spiro atoms. The molecule has 1 N–H and O–H groups in total. The first-order chi connectivity index (χ1) is 18.7. The van der Waals surface area contributed by atoms with Crippen LogP contribution in [0.5, 0.6) is 11.5 Å². The molecule has 5 aromatic rings. The van der Waals surface area contributed by atoms with Gasteiger partial charge < -0.3 is 19.0 Å². The van der Waals surface area contributed by atoms with Gasteiger partial charge in [-0.05, 0) is 73.0 Å². The lowest BCUT2D eigenvalue weighted by Crippen LogP contribution is -2.22. The van der Waals surface area contributed by atoms with Crippen molar-refractivity contribution in [1.82, 2.24) is 9.55 Å². The van der Waals surface area contributed by atoms with Crippen molar-refractivity contribution in [2.24, 2.45) is 7.05 Å². The fraction of sp³-hybridized carbons (Fsp3) is 0.161. The van der Waals surface area contributed by atoms with Gasteiger partial charge in [0.05, 0.1) is 20.4 Å². The Kier molecular flexibility index (Phi) is 7.21. The number of benzene rings is 3. The maximum absolute atomic E-state index is 13.9. The lowest BCUT2D eigenvalue weighted by Gasteiger charge is -2.19. The van der Waals surface area contributed by atoms with E-state index in [1.165, 1.54) is 23.5 Å². The predicted molar refractivity (Wildman–Crippen MR) is 155 cm³/mol. The van der Waals surface area contributed by atoms with E-state index in [0.29, 0.717) is 37.2 Å². The van der Waals surface area contributed by atoms with Crippen LogP contribution in [0.1, 0.15) is 18.1 Å². The Morgan fingerprint density at radius 2 is 1.79 bits per heavy atom. The molecule has 3 aromatic carbocycles. The normalized spacial score (nSPS) is 12.0. The standard InChI is InChI=1S/C31H27FN2O4S/c1-18-16-22(32)12-13-24(18)27-29(28(35)25-10-5-6-11-26(25)34(27)4)38-15-14-37-23-9-7-8-21(17-23)19(2)30-31(36)33-20(3)39-30/h5-13,16-17H,3,14-15H2,1-2,4H3,(H,33,36)/b30-19+. The molecule has 0 aliphatic rings. The first kappa shape index (κ1) is 26.2. The van der Waals surface area contributed by atoms with Gasteiger partial charge in [-0.15, -0.1) is 11.3 Å². The lowest BCUT2D eigenvalue weighted by molar-refractivity contribution is 0.216. The van der Waals surface area contributed by atoms with Crippen LogP contribution >= 0.6 is 11.3 Å². The molecule has 2 aromatic heterocycles. The molecule has 0 saturated heterocycles. The summed E-state index contributed by atoms with van der Waals surface area (Å²) in [6.07, 6.45) is 0. The van der Waals surface area contributed by atoms with Crippen molar-refractivity contribution in [2.45, 2.75) is 13.8 Å². The quantitative estimate of drug-likeness (QED) is 0.308. The van der Waals surface area contributed by atoms with Gasteiger partial charge in [0.2, 0.25) is 5.43 Å². The third-order valence-corrected chi connectivity index (χ3v) is 7.65.